The number of hydrazine groups is 1. The molecule has 0 aliphatic rings. The van der Waals surface area contributed by atoms with Crippen LogP contribution in [-0.2, 0) is 19.9 Å². The standard InChI is InChI=1S/C8H12Cl2N2O2.C8H10Cl2N2O.C4H2Cl2O3.C4H12N2.ClH/c1-8(2,3)12-11-4-5(9)6(10)7(13)14;1-8(2,3)12-7(13)6(10)5(9)4-11-12;5-2(1-7)3(6)4(8)9;1-4(2,3)6-5;/h4,12H,1-3H3,(H,13,14);4H,1-3H3;1H,(H,8,9);6H,5H2,1-3H3;1H/b6-5-,11-4+;;3-2-;;. The SMILES string of the molecule is CC(C)(C)N/N=C/C(Cl)=C(/Cl)C(=O)O.CC(C)(C)NN.CC(C)(C)n1ncc(Cl)c(Cl)c1=O.Cl.O=C/C(Cl)=C(/Cl)C(=O)O. The predicted octanol–water partition coefficient (Wildman–Crippen LogP) is 6.07. The number of nitrogens with one attached hydrogen (secondary N) is 2. The minimum absolute atomic E-state index is 0. The number of nitrogens with zero attached hydrogens (tertiary/aromatic N) is 3. The molecule has 6 N–H and O–H groups in total. The van der Waals surface area contributed by atoms with Gasteiger partial charge >= 0.3 is 11.9 Å². The van der Waals surface area contributed by atoms with Crippen molar-refractivity contribution in [1.29, 1.82) is 0 Å². The van der Waals surface area contributed by atoms with Gasteiger partial charge in [-0.3, -0.25) is 20.9 Å². The summed E-state index contributed by atoms with van der Waals surface area (Å²) in [6.45, 7) is 17.3. The minimum atomic E-state index is -1.41. The summed E-state index contributed by atoms with van der Waals surface area (Å²) < 4.78 is 1.31. The van der Waals surface area contributed by atoms with Crippen molar-refractivity contribution in [3.05, 3.63) is 46.7 Å². The average molecular weight is 754 g/mol. The molecular formula is C24H37Cl7N6O6. The van der Waals surface area contributed by atoms with Crippen molar-refractivity contribution in [2.45, 2.75) is 78.9 Å². The number of halogens is 7. The minimum Gasteiger partial charge on any atom is -0.477 e. The van der Waals surface area contributed by atoms with E-state index in [4.69, 9.17) is 85.7 Å². The Morgan fingerprint density at radius 1 is 0.907 bits per heavy atom. The summed E-state index contributed by atoms with van der Waals surface area (Å²) >= 11 is 32.2. The van der Waals surface area contributed by atoms with E-state index in [9.17, 15) is 19.2 Å². The molecule has 248 valence electrons. The average Bonchev–Trinajstić information content (AvgIpc) is 2.84. The first-order valence-corrected chi connectivity index (χ1v) is 13.7. The normalized spacial score (nSPS) is 12.4. The molecule has 43 heavy (non-hydrogen) atoms. The Labute approximate surface area is 286 Å². The number of hydrogen-bond acceptors (Lipinski definition) is 9. The van der Waals surface area contributed by atoms with Gasteiger partial charge in [-0.2, -0.15) is 10.2 Å². The molecule has 1 heterocycles. The number of carbonyl (C=O) groups is 3. The quantitative estimate of drug-likeness (QED) is 0.0777. The molecule has 1 aromatic heterocycles. The molecule has 1 aromatic rings. The van der Waals surface area contributed by atoms with E-state index in [2.05, 4.69) is 21.1 Å². The van der Waals surface area contributed by atoms with E-state index in [1.807, 2.05) is 62.3 Å². The van der Waals surface area contributed by atoms with Gasteiger partial charge in [0.1, 0.15) is 20.1 Å². The number of carbonyl (C=O) groups excluding carboxylic acids is 1. The lowest BCUT2D eigenvalue weighted by Crippen LogP contribution is -2.41. The Morgan fingerprint density at radius 2 is 1.30 bits per heavy atom. The van der Waals surface area contributed by atoms with Gasteiger partial charge in [0.15, 0.2) is 6.29 Å². The van der Waals surface area contributed by atoms with Crippen LogP contribution < -0.4 is 22.3 Å². The highest BCUT2D eigenvalue weighted by molar-refractivity contribution is 6.52. The van der Waals surface area contributed by atoms with E-state index < -0.39 is 27.0 Å². The second kappa shape index (κ2) is 22.0. The second-order valence-electron chi connectivity index (χ2n) is 10.8. The van der Waals surface area contributed by atoms with Crippen LogP contribution in [0.1, 0.15) is 62.3 Å². The molecule has 1 rings (SSSR count). The Morgan fingerprint density at radius 3 is 1.58 bits per heavy atom. The van der Waals surface area contributed by atoms with E-state index in [0.717, 1.165) is 6.21 Å². The van der Waals surface area contributed by atoms with Gasteiger partial charge in [-0.25, -0.2) is 14.3 Å². The highest BCUT2D eigenvalue weighted by Crippen LogP contribution is 2.17. The van der Waals surface area contributed by atoms with E-state index in [1.54, 1.807) is 0 Å². The Hall–Kier alpha value is -1.61. The fourth-order valence-electron chi connectivity index (χ4n) is 1.49. The molecule has 0 aliphatic carbocycles. The van der Waals surface area contributed by atoms with Crippen LogP contribution in [-0.4, -0.2) is 55.5 Å². The van der Waals surface area contributed by atoms with Crippen molar-refractivity contribution >= 4 is 106 Å². The third-order valence-corrected chi connectivity index (χ3v) is 5.66. The number of nitrogens with two attached hydrogens (primary N) is 1. The molecular weight excluding hydrogens is 716 g/mol. The number of rotatable bonds is 5. The third kappa shape index (κ3) is 24.4. The monoisotopic (exact) mass is 750 g/mol. The predicted molar refractivity (Wildman–Crippen MR) is 178 cm³/mol. The van der Waals surface area contributed by atoms with E-state index in [-0.39, 0.29) is 55.9 Å². The largest absolute Gasteiger partial charge is 0.477 e. The van der Waals surface area contributed by atoms with E-state index >= 15 is 0 Å². The van der Waals surface area contributed by atoms with Gasteiger partial charge in [-0.15, -0.1) is 12.4 Å². The molecule has 0 bridgehead atoms. The summed E-state index contributed by atoms with van der Waals surface area (Å²) in [6, 6.07) is 0. The van der Waals surface area contributed by atoms with Crippen LogP contribution in [0.2, 0.25) is 10.0 Å². The molecule has 0 spiro atoms. The molecule has 0 amide bonds. The molecule has 0 unspecified atom stereocenters. The lowest BCUT2D eigenvalue weighted by molar-refractivity contribution is -0.132. The molecule has 0 atom stereocenters. The molecule has 19 heteroatoms. The van der Waals surface area contributed by atoms with Gasteiger partial charge in [0, 0.05) is 11.1 Å². The van der Waals surface area contributed by atoms with Crippen molar-refractivity contribution in [2.75, 3.05) is 0 Å². The maximum atomic E-state index is 11.5. The summed E-state index contributed by atoms with van der Waals surface area (Å²) in [5, 5.41) is 22.6. The maximum Gasteiger partial charge on any atom is 0.348 e. The number of aldehydes is 1. The first kappa shape index (κ1) is 48.3. The molecule has 12 nitrogen and oxygen atoms in total. The lowest BCUT2D eigenvalue weighted by atomic mass is 10.1. The fraction of sp³-hybridized carbons (Fsp3) is 0.500. The Kier molecular flexibility index (Phi) is 24.7. The third-order valence-electron chi connectivity index (χ3n) is 3.42. The van der Waals surface area contributed by atoms with Crippen LogP contribution in [0.5, 0.6) is 0 Å². The van der Waals surface area contributed by atoms with Crippen LogP contribution in [0.3, 0.4) is 0 Å². The lowest BCUT2D eigenvalue weighted by Gasteiger charge is -2.20. The fourth-order valence-corrected chi connectivity index (χ4v) is 2.04. The van der Waals surface area contributed by atoms with Crippen LogP contribution in [0.4, 0.5) is 0 Å². The summed E-state index contributed by atoms with van der Waals surface area (Å²) in [4.78, 5) is 41.4. The van der Waals surface area contributed by atoms with Gasteiger partial charge < -0.3 is 15.6 Å². The molecule has 0 aromatic carbocycles. The maximum absolute atomic E-state index is 11.5. The van der Waals surface area contributed by atoms with Crippen molar-refractivity contribution in [2.24, 2.45) is 10.9 Å². The summed E-state index contributed by atoms with van der Waals surface area (Å²) in [5.41, 5.74) is 4.47. The summed E-state index contributed by atoms with van der Waals surface area (Å²) in [7, 11) is 0. The number of carboxylic acid groups (broad SMARTS) is 2. The Bertz CT molecular complexity index is 1210. The van der Waals surface area contributed by atoms with E-state index in [1.165, 1.54) is 10.9 Å². The van der Waals surface area contributed by atoms with Crippen molar-refractivity contribution in [3.63, 3.8) is 0 Å². The first-order chi connectivity index (χ1) is 18.7. The second-order valence-corrected chi connectivity index (χ2v) is 13.1. The Balaban J connectivity index is -0.000000244. The van der Waals surface area contributed by atoms with Gasteiger partial charge in [0.25, 0.3) is 5.56 Å². The van der Waals surface area contributed by atoms with Gasteiger partial charge in [-0.05, 0) is 62.3 Å². The zero-order chi connectivity index (χ0) is 34.2. The number of hydrazone groups is 1. The van der Waals surface area contributed by atoms with Crippen molar-refractivity contribution in [3.8, 4) is 0 Å². The number of hydrogen-bond donors (Lipinski definition) is 5. The number of carboxylic acids is 2. The summed E-state index contributed by atoms with van der Waals surface area (Å²) in [6.07, 6.45) is 2.69. The van der Waals surface area contributed by atoms with Crippen LogP contribution in [0.15, 0.2) is 36.2 Å². The highest BCUT2D eigenvalue weighted by Gasteiger charge is 2.18. The molecule has 0 aliphatic heterocycles. The van der Waals surface area contributed by atoms with Gasteiger partial charge in [-0.1, -0.05) is 69.6 Å². The topological polar surface area (TPSA) is 189 Å². The number of aliphatic carboxylic acids is 2. The highest BCUT2D eigenvalue weighted by atomic mass is 35.5. The van der Waals surface area contributed by atoms with Crippen LogP contribution >= 0.6 is 82.0 Å². The van der Waals surface area contributed by atoms with Gasteiger partial charge in [0.05, 0.1) is 28.0 Å². The molecule has 0 saturated carbocycles. The number of allylic oxidation sites excluding steroid dienone is 2. The zero-order valence-electron chi connectivity index (χ0n) is 24.9. The molecule has 0 fully saturated rings. The first-order valence-electron chi connectivity index (χ1n) is 11.5. The molecule has 0 saturated heterocycles. The van der Waals surface area contributed by atoms with Gasteiger partial charge in [0.2, 0.25) is 0 Å². The smallest absolute Gasteiger partial charge is 0.348 e. The van der Waals surface area contributed by atoms with Crippen LogP contribution in [0, 0.1) is 0 Å². The summed E-state index contributed by atoms with van der Waals surface area (Å²) in [5.74, 6) is 2.37. The van der Waals surface area contributed by atoms with E-state index in [0.29, 0.717) is 0 Å². The molecule has 0 radical (unpaired) electrons. The zero-order valence-corrected chi connectivity index (χ0v) is 30.2. The van der Waals surface area contributed by atoms with Crippen molar-refractivity contribution in [1.82, 2.24) is 20.6 Å². The number of aromatic nitrogens is 2. The van der Waals surface area contributed by atoms with Crippen molar-refractivity contribution < 1.29 is 24.6 Å². The van der Waals surface area contributed by atoms with Crippen LogP contribution in [0.25, 0.3) is 0 Å².